The minimum atomic E-state index is -4.38. The number of hydrogen-bond donors (Lipinski definition) is 0. The molecule has 1 unspecified atom stereocenters. The molecule has 1 aliphatic heterocycles. The number of nitrogens with zero attached hydrogens (tertiary/aromatic N) is 1. The second-order valence-electron chi connectivity index (χ2n) is 6.48. The van der Waals surface area contributed by atoms with Gasteiger partial charge in [-0.3, -0.25) is 4.79 Å². The summed E-state index contributed by atoms with van der Waals surface area (Å²) in [6, 6.07) is 2.73. The minimum absolute atomic E-state index is 0.00207. The molecular formula is C18H24F3NOS. The largest absolute Gasteiger partial charge is 0.416 e. The second kappa shape index (κ2) is 6.98. The number of amides is 1. The summed E-state index contributed by atoms with van der Waals surface area (Å²) in [5, 5.41) is 0. The van der Waals surface area contributed by atoms with Gasteiger partial charge in [0.2, 0.25) is 5.91 Å². The molecule has 0 radical (unpaired) electrons. The molecule has 1 aliphatic rings. The highest BCUT2D eigenvalue weighted by Gasteiger charge is 2.43. The average molecular weight is 359 g/mol. The van der Waals surface area contributed by atoms with Crippen LogP contribution in [0.15, 0.2) is 17.0 Å². The third kappa shape index (κ3) is 3.58. The number of unbranched alkanes of at least 4 members (excludes halogenated alkanes) is 2. The molecule has 0 saturated carbocycles. The van der Waals surface area contributed by atoms with Crippen LogP contribution >= 0.6 is 11.8 Å². The number of benzene rings is 1. The molecule has 0 fully saturated rings. The summed E-state index contributed by atoms with van der Waals surface area (Å²) in [4.78, 5) is 15.2. The van der Waals surface area contributed by atoms with Crippen molar-refractivity contribution in [2.24, 2.45) is 0 Å². The molecule has 24 heavy (non-hydrogen) atoms. The maximum atomic E-state index is 13.2. The summed E-state index contributed by atoms with van der Waals surface area (Å²) < 4.78 is 39.0. The predicted octanol–water partition coefficient (Wildman–Crippen LogP) is 5.81. The predicted molar refractivity (Wildman–Crippen MR) is 92.6 cm³/mol. The summed E-state index contributed by atoms with van der Waals surface area (Å²) in [6.45, 7) is 7.82. The zero-order chi connectivity index (χ0) is 18.1. The van der Waals surface area contributed by atoms with Crippen molar-refractivity contribution in [3.63, 3.8) is 0 Å². The zero-order valence-corrected chi connectivity index (χ0v) is 15.4. The number of halogens is 3. The van der Waals surface area contributed by atoms with Crippen molar-refractivity contribution >= 4 is 23.4 Å². The normalized spacial score (nSPS) is 21.1. The number of rotatable bonds is 5. The first-order valence-corrected chi connectivity index (χ1v) is 9.18. The van der Waals surface area contributed by atoms with Crippen LogP contribution in [-0.4, -0.2) is 17.2 Å². The summed E-state index contributed by atoms with van der Waals surface area (Å²) in [5.41, 5.74) is 0.169. The van der Waals surface area contributed by atoms with E-state index in [1.54, 1.807) is 4.90 Å². The lowest BCUT2D eigenvalue weighted by Gasteiger charge is -2.40. The average Bonchev–Trinajstić information content (AvgIpc) is 2.50. The van der Waals surface area contributed by atoms with E-state index in [4.69, 9.17) is 0 Å². The lowest BCUT2D eigenvalue weighted by Crippen LogP contribution is -2.48. The van der Waals surface area contributed by atoms with Crippen LogP contribution in [0, 0.1) is 6.92 Å². The molecule has 1 heterocycles. The molecule has 1 aromatic carbocycles. The fraction of sp³-hybridized carbons (Fsp3) is 0.611. The van der Waals surface area contributed by atoms with E-state index in [0.29, 0.717) is 23.5 Å². The molecule has 1 atom stereocenters. The van der Waals surface area contributed by atoms with Gasteiger partial charge in [-0.15, -0.1) is 11.8 Å². The molecule has 0 aromatic heterocycles. The first kappa shape index (κ1) is 19.2. The van der Waals surface area contributed by atoms with Crippen LogP contribution in [0.5, 0.6) is 0 Å². The Kier molecular flexibility index (Phi) is 5.57. The Labute approximate surface area is 145 Å². The minimum Gasteiger partial charge on any atom is -0.310 e. The van der Waals surface area contributed by atoms with E-state index < -0.39 is 16.5 Å². The number of thioether (sulfide) groups is 1. The maximum Gasteiger partial charge on any atom is 0.416 e. The first-order chi connectivity index (χ1) is 11.1. The summed E-state index contributed by atoms with van der Waals surface area (Å²) in [6.07, 6.45) is -0.923. The van der Waals surface area contributed by atoms with Gasteiger partial charge < -0.3 is 4.90 Å². The molecule has 0 saturated heterocycles. The van der Waals surface area contributed by atoms with E-state index in [1.807, 2.05) is 13.8 Å². The fourth-order valence-electron chi connectivity index (χ4n) is 2.92. The van der Waals surface area contributed by atoms with Crippen LogP contribution in [0.3, 0.4) is 0 Å². The van der Waals surface area contributed by atoms with Gasteiger partial charge in [0.15, 0.2) is 0 Å². The van der Waals surface area contributed by atoms with E-state index in [2.05, 4.69) is 6.92 Å². The van der Waals surface area contributed by atoms with Gasteiger partial charge in [-0.2, -0.15) is 13.2 Å². The highest BCUT2D eigenvalue weighted by atomic mass is 32.2. The monoisotopic (exact) mass is 359 g/mol. The molecule has 1 amide bonds. The van der Waals surface area contributed by atoms with Crippen molar-refractivity contribution in [3.8, 4) is 0 Å². The maximum absolute atomic E-state index is 13.2. The number of carbonyl (C=O) groups excluding carboxylic acids is 1. The standard InChI is InChI=1S/C18H24F3NOS/c1-5-7-8-9-22-14-10-12(3)13(18(19,20)21)11-15(14)24-17(4,6-2)16(22)23/h10-11H,5-9H2,1-4H3. The van der Waals surface area contributed by atoms with Crippen LogP contribution in [0.4, 0.5) is 18.9 Å². The second-order valence-corrected chi connectivity index (χ2v) is 8.03. The lowest BCUT2D eigenvalue weighted by molar-refractivity contribution is -0.138. The lowest BCUT2D eigenvalue weighted by atomic mass is 10.0. The Bertz CT molecular complexity index is 629. The number of fused-ring (bicyclic) bond motifs is 1. The molecule has 0 aliphatic carbocycles. The molecule has 6 heteroatoms. The molecular weight excluding hydrogens is 335 g/mol. The smallest absolute Gasteiger partial charge is 0.310 e. The number of anilines is 1. The van der Waals surface area contributed by atoms with Gasteiger partial charge >= 0.3 is 6.18 Å². The van der Waals surface area contributed by atoms with Crippen molar-refractivity contribution in [1.29, 1.82) is 0 Å². The Hall–Kier alpha value is -1.17. The van der Waals surface area contributed by atoms with Gasteiger partial charge in [0.1, 0.15) is 0 Å². The van der Waals surface area contributed by atoms with Gasteiger partial charge in [-0.1, -0.05) is 26.7 Å². The van der Waals surface area contributed by atoms with Crippen LogP contribution < -0.4 is 4.90 Å². The third-order valence-electron chi connectivity index (χ3n) is 4.59. The number of aryl methyl sites for hydroxylation is 1. The van der Waals surface area contributed by atoms with E-state index in [1.165, 1.54) is 30.8 Å². The third-order valence-corrected chi connectivity index (χ3v) is 6.06. The number of hydrogen-bond acceptors (Lipinski definition) is 2. The molecule has 0 spiro atoms. The van der Waals surface area contributed by atoms with Gasteiger partial charge in [0.05, 0.1) is 16.0 Å². The Morgan fingerprint density at radius 1 is 1.21 bits per heavy atom. The van der Waals surface area contributed by atoms with Gasteiger partial charge in [-0.25, -0.2) is 0 Å². The summed E-state index contributed by atoms with van der Waals surface area (Å²) >= 11 is 1.26. The van der Waals surface area contributed by atoms with E-state index >= 15 is 0 Å². The summed E-state index contributed by atoms with van der Waals surface area (Å²) in [7, 11) is 0. The van der Waals surface area contributed by atoms with Gasteiger partial charge in [0.25, 0.3) is 0 Å². The Balaban J connectivity index is 2.51. The fourth-order valence-corrected chi connectivity index (χ4v) is 4.20. The van der Waals surface area contributed by atoms with Gasteiger partial charge in [-0.05, 0) is 44.4 Å². The number of carbonyl (C=O) groups is 1. The van der Waals surface area contributed by atoms with E-state index in [-0.39, 0.29) is 11.5 Å². The molecule has 134 valence electrons. The number of alkyl halides is 3. The highest BCUT2D eigenvalue weighted by Crippen LogP contribution is 2.49. The molecule has 0 N–H and O–H groups in total. The highest BCUT2D eigenvalue weighted by molar-refractivity contribution is 8.01. The Morgan fingerprint density at radius 3 is 2.42 bits per heavy atom. The van der Waals surface area contributed by atoms with Crippen molar-refractivity contribution in [1.82, 2.24) is 0 Å². The molecule has 0 bridgehead atoms. The SMILES string of the molecule is CCCCCN1C(=O)C(C)(CC)Sc2cc(C(F)(F)F)c(C)cc21. The quantitative estimate of drug-likeness (QED) is 0.618. The Morgan fingerprint density at radius 2 is 1.88 bits per heavy atom. The summed E-state index contributed by atoms with van der Waals surface area (Å²) in [5.74, 6) is -0.00207. The van der Waals surface area contributed by atoms with E-state index in [0.717, 1.165) is 19.3 Å². The van der Waals surface area contributed by atoms with Crippen molar-refractivity contribution in [2.75, 3.05) is 11.4 Å². The van der Waals surface area contributed by atoms with Gasteiger partial charge in [0, 0.05) is 11.4 Å². The van der Waals surface area contributed by atoms with Crippen LogP contribution in [0.1, 0.15) is 57.6 Å². The first-order valence-electron chi connectivity index (χ1n) is 8.37. The molecule has 2 nitrogen and oxygen atoms in total. The van der Waals surface area contributed by atoms with Crippen molar-refractivity contribution in [2.45, 2.75) is 69.2 Å². The van der Waals surface area contributed by atoms with E-state index in [9.17, 15) is 18.0 Å². The van der Waals surface area contributed by atoms with Crippen LogP contribution in [0.25, 0.3) is 0 Å². The van der Waals surface area contributed by atoms with Crippen molar-refractivity contribution < 1.29 is 18.0 Å². The van der Waals surface area contributed by atoms with Crippen LogP contribution in [0.2, 0.25) is 0 Å². The van der Waals surface area contributed by atoms with Crippen molar-refractivity contribution in [3.05, 3.63) is 23.3 Å². The molecule has 1 aromatic rings. The topological polar surface area (TPSA) is 20.3 Å². The molecule has 2 rings (SSSR count). The zero-order valence-electron chi connectivity index (χ0n) is 14.6. The van der Waals surface area contributed by atoms with Crippen LogP contribution in [-0.2, 0) is 11.0 Å².